The van der Waals surface area contributed by atoms with E-state index in [0.29, 0.717) is 11.2 Å². The molecule has 5 heteroatoms. The van der Waals surface area contributed by atoms with Crippen LogP contribution in [0.15, 0.2) is 48.5 Å². The Labute approximate surface area is 155 Å². The summed E-state index contributed by atoms with van der Waals surface area (Å²) in [6, 6.07) is 16.6. The maximum absolute atomic E-state index is 6.15. The highest BCUT2D eigenvalue weighted by molar-refractivity contribution is 7.80. The van der Waals surface area contributed by atoms with Crippen molar-refractivity contribution < 1.29 is 0 Å². The van der Waals surface area contributed by atoms with Gasteiger partial charge in [0.2, 0.25) is 0 Å². The molecule has 0 aliphatic carbocycles. The van der Waals surface area contributed by atoms with Crippen molar-refractivity contribution in [1.82, 2.24) is 10.2 Å². The molecule has 2 aromatic rings. The van der Waals surface area contributed by atoms with Crippen LogP contribution >= 0.6 is 23.8 Å². The first-order valence-electron chi connectivity index (χ1n) is 7.97. The second kappa shape index (κ2) is 9.02. The standard InChI is InChI=1S/C19H24ClN3S/c1-14-17(20)10-7-11-18(14)22-19(24)21-13-16(23(2)3)12-15-8-5-4-6-9-15/h4-11,16H,12-13H2,1-3H3,(H2,21,22,24)/t16-/m1/s1. The number of nitrogens with zero attached hydrogens (tertiary/aromatic N) is 1. The van der Waals surface area contributed by atoms with Gasteiger partial charge in [0.15, 0.2) is 5.11 Å². The molecule has 0 heterocycles. The fourth-order valence-electron chi connectivity index (χ4n) is 2.44. The number of nitrogens with one attached hydrogen (secondary N) is 2. The molecule has 24 heavy (non-hydrogen) atoms. The van der Waals surface area contributed by atoms with Crippen molar-refractivity contribution in [3.8, 4) is 0 Å². The monoisotopic (exact) mass is 361 g/mol. The molecule has 0 aromatic heterocycles. The van der Waals surface area contributed by atoms with Crippen molar-refractivity contribution in [2.75, 3.05) is 26.0 Å². The quantitative estimate of drug-likeness (QED) is 0.757. The third kappa shape index (κ3) is 5.48. The van der Waals surface area contributed by atoms with E-state index < -0.39 is 0 Å². The molecule has 0 spiro atoms. The highest BCUT2D eigenvalue weighted by atomic mass is 35.5. The Balaban J connectivity index is 1.91. The number of benzene rings is 2. The highest BCUT2D eigenvalue weighted by Crippen LogP contribution is 2.22. The maximum atomic E-state index is 6.15. The lowest BCUT2D eigenvalue weighted by Gasteiger charge is -2.25. The number of hydrogen-bond donors (Lipinski definition) is 2. The average Bonchev–Trinajstić information content (AvgIpc) is 2.56. The maximum Gasteiger partial charge on any atom is 0.170 e. The van der Waals surface area contributed by atoms with Gasteiger partial charge in [0, 0.05) is 23.3 Å². The summed E-state index contributed by atoms with van der Waals surface area (Å²) >= 11 is 11.6. The van der Waals surface area contributed by atoms with E-state index in [1.807, 2.05) is 31.2 Å². The van der Waals surface area contributed by atoms with Gasteiger partial charge in [-0.25, -0.2) is 0 Å². The molecule has 2 rings (SSSR count). The zero-order valence-corrected chi connectivity index (χ0v) is 15.9. The normalized spacial score (nSPS) is 12.0. The fraction of sp³-hybridized carbons (Fsp3) is 0.316. The first-order valence-corrected chi connectivity index (χ1v) is 8.76. The van der Waals surface area contributed by atoms with Gasteiger partial charge >= 0.3 is 0 Å². The Kier molecular flexibility index (Phi) is 7.03. The van der Waals surface area contributed by atoms with Crippen molar-refractivity contribution >= 4 is 34.6 Å². The van der Waals surface area contributed by atoms with Crippen molar-refractivity contribution in [2.24, 2.45) is 0 Å². The molecular formula is C19H24ClN3S. The van der Waals surface area contributed by atoms with E-state index in [4.69, 9.17) is 23.8 Å². The zero-order valence-electron chi connectivity index (χ0n) is 14.3. The van der Waals surface area contributed by atoms with Crippen LogP contribution in [0, 0.1) is 6.92 Å². The van der Waals surface area contributed by atoms with Crippen molar-refractivity contribution in [1.29, 1.82) is 0 Å². The molecule has 0 amide bonds. The lowest BCUT2D eigenvalue weighted by molar-refractivity contribution is 0.291. The van der Waals surface area contributed by atoms with Crippen LogP contribution in [0.3, 0.4) is 0 Å². The zero-order chi connectivity index (χ0) is 17.5. The molecule has 0 aliphatic heterocycles. The molecule has 3 nitrogen and oxygen atoms in total. The number of likely N-dealkylation sites (N-methyl/N-ethyl adjacent to an activating group) is 1. The van der Waals surface area contributed by atoms with Crippen LogP contribution in [0.4, 0.5) is 5.69 Å². The summed E-state index contributed by atoms with van der Waals surface area (Å²) in [5.74, 6) is 0. The molecule has 1 atom stereocenters. The van der Waals surface area contributed by atoms with Gasteiger partial charge in [0.05, 0.1) is 0 Å². The van der Waals surface area contributed by atoms with Crippen LogP contribution in [0.5, 0.6) is 0 Å². The predicted molar refractivity (Wildman–Crippen MR) is 108 cm³/mol. The Bertz CT molecular complexity index is 674. The Morgan fingerprint density at radius 1 is 1.12 bits per heavy atom. The summed E-state index contributed by atoms with van der Waals surface area (Å²) in [7, 11) is 4.18. The molecule has 0 saturated heterocycles. The first-order chi connectivity index (χ1) is 11.5. The van der Waals surface area contributed by atoms with Gasteiger partial charge < -0.3 is 15.5 Å². The first kappa shape index (κ1) is 18.7. The number of thiocarbonyl (C=S) groups is 1. The number of hydrogen-bond acceptors (Lipinski definition) is 2. The van der Waals surface area contributed by atoms with Crippen LogP contribution in [-0.4, -0.2) is 36.7 Å². The topological polar surface area (TPSA) is 27.3 Å². The highest BCUT2D eigenvalue weighted by Gasteiger charge is 2.13. The van der Waals surface area contributed by atoms with Crippen LogP contribution < -0.4 is 10.6 Å². The van der Waals surface area contributed by atoms with Crippen LogP contribution in [0.2, 0.25) is 5.02 Å². The minimum absolute atomic E-state index is 0.354. The molecule has 0 aliphatic rings. The molecular weight excluding hydrogens is 338 g/mol. The lowest BCUT2D eigenvalue weighted by atomic mass is 10.1. The van der Waals surface area contributed by atoms with Gasteiger partial charge in [-0.05, 0) is 62.9 Å². The van der Waals surface area contributed by atoms with E-state index in [9.17, 15) is 0 Å². The van der Waals surface area contributed by atoms with E-state index in [1.54, 1.807) is 0 Å². The molecule has 2 aromatic carbocycles. The Morgan fingerprint density at radius 2 is 1.83 bits per heavy atom. The summed E-state index contributed by atoms with van der Waals surface area (Å²) < 4.78 is 0. The lowest BCUT2D eigenvalue weighted by Crippen LogP contribution is -2.42. The van der Waals surface area contributed by atoms with E-state index in [0.717, 1.165) is 29.2 Å². The van der Waals surface area contributed by atoms with Gasteiger partial charge in [-0.2, -0.15) is 0 Å². The summed E-state index contributed by atoms with van der Waals surface area (Å²) in [6.07, 6.45) is 0.972. The fourth-order valence-corrected chi connectivity index (χ4v) is 2.81. The minimum Gasteiger partial charge on any atom is -0.361 e. The molecule has 0 fully saturated rings. The number of rotatable bonds is 6. The summed E-state index contributed by atoms with van der Waals surface area (Å²) in [5.41, 5.74) is 3.25. The van der Waals surface area contributed by atoms with E-state index in [2.05, 4.69) is 53.9 Å². The molecule has 0 bridgehead atoms. The van der Waals surface area contributed by atoms with Gasteiger partial charge in [0.1, 0.15) is 0 Å². The van der Waals surface area contributed by atoms with Crippen LogP contribution in [0.25, 0.3) is 0 Å². The predicted octanol–water partition coefficient (Wildman–Crippen LogP) is 4.11. The molecule has 0 unspecified atom stereocenters. The van der Waals surface area contributed by atoms with Crippen molar-refractivity contribution in [2.45, 2.75) is 19.4 Å². The Morgan fingerprint density at radius 3 is 2.50 bits per heavy atom. The Hall–Kier alpha value is -1.62. The second-order valence-electron chi connectivity index (χ2n) is 6.05. The third-order valence-corrected chi connectivity index (χ3v) is 4.71. The van der Waals surface area contributed by atoms with E-state index in [-0.39, 0.29) is 0 Å². The number of anilines is 1. The van der Waals surface area contributed by atoms with Crippen molar-refractivity contribution in [3.05, 3.63) is 64.7 Å². The SMILES string of the molecule is Cc1c(Cl)cccc1NC(=S)NC[C@@H](Cc1ccccc1)N(C)C. The smallest absolute Gasteiger partial charge is 0.170 e. The van der Waals surface area contributed by atoms with Crippen LogP contribution in [-0.2, 0) is 6.42 Å². The second-order valence-corrected chi connectivity index (χ2v) is 6.87. The van der Waals surface area contributed by atoms with E-state index >= 15 is 0 Å². The average molecular weight is 362 g/mol. The minimum atomic E-state index is 0.354. The number of halogens is 1. The van der Waals surface area contributed by atoms with Crippen LogP contribution in [0.1, 0.15) is 11.1 Å². The summed E-state index contributed by atoms with van der Waals surface area (Å²) in [5, 5.41) is 7.89. The molecule has 0 saturated carbocycles. The molecule has 128 valence electrons. The molecule has 2 N–H and O–H groups in total. The summed E-state index contributed by atoms with van der Waals surface area (Å²) in [6.45, 7) is 2.75. The van der Waals surface area contributed by atoms with Crippen molar-refractivity contribution in [3.63, 3.8) is 0 Å². The van der Waals surface area contributed by atoms with E-state index in [1.165, 1.54) is 5.56 Å². The molecule has 0 radical (unpaired) electrons. The van der Waals surface area contributed by atoms with Gasteiger partial charge in [0.25, 0.3) is 0 Å². The third-order valence-electron chi connectivity index (χ3n) is 4.06. The van der Waals surface area contributed by atoms with Gasteiger partial charge in [-0.1, -0.05) is 48.0 Å². The van der Waals surface area contributed by atoms with Gasteiger partial charge in [-0.3, -0.25) is 0 Å². The largest absolute Gasteiger partial charge is 0.361 e. The summed E-state index contributed by atoms with van der Waals surface area (Å²) in [4.78, 5) is 2.22. The van der Waals surface area contributed by atoms with Gasteiger partial charge in [-0.15, -0.1) is 0 Å².